The Labute approximate surface area is 87.9 Å². The lowest BCUT2D eigenvalue weighted by Gasteiger charge is -2.24. The van der Waals surface area contributed by atoms with E-state index in [1.165, 1.54) is 0 Å². The van der Waals surface area contributed by atoms with Gasteiger partial charge in [-0.1, -0.05) is 0 Å². The first-order chi connectivity index (χ1) is 7.24. The van der Waals surface area contributed by atoms with E-state index < -0.39 is 0 Å². The summed E-state index contributed by atoms with van der Waals surface area (Å²) in [6.45, 7) is -0.0203. The fraction of sp³-hybridized carbons (Fsp3) is 0.364. The van der Waals surface area contributed by atoms with E-state index in [0.717, 1.165) is 17.0 Å². The van der Waals surface area contributed by atoms with Gasteiger partial charge < -0.3 is 15.2 Å². The average Bonchev–Trinajstić information content (AvgIpc) is 2.27. The summed E-state index contributed by atoms with van der Waals surface area (Å²) >= 11 is 0. The van der Waals surface area contributed by atoms with Crippen molar-refractivity contribution < 1.29 is 14.6 Å². The first-order valence-electron chi connectivity index (χ1n) is 4.83. The van der Waals surface area contributed by atoms with Crippen molar-refractivity contribution >= 4 is 11.6 Å². The number of ether oxygens (including phenoxy) is 1. The Morgan fingerprint density at radius 3 is 3.07 bits per heavy atom. The number of benzene rings is 1. The lowest BCUT2D eigenvalue weighted by molar-refractivity contribution is -0.117. The van der Waals surface area contributed by atoms with E-state index >= 15 is 0 Å². The highest BCUT2D eigenvalue weighted by atomic mass is 16.5. The van der Waals surface area contributed by atoms with Crippen molar-refractivity contribution in [3.8, 4) is 5.75 Å². The molecule has 0 fully saturated rings. The van der Waals surface area contributed by atoms with Crippen molar-refractivity contribution in [2.75, 3.05) is 19.0 Å². The maximum Gasteiger partial charge on any atom is 0.225 e. The van der Waals surface area contributed by atoms with Crippen LogP contribution in [0.4, 0.5) is 5.69 Å². The van der Waals surface area contributed by atoms with Crippen LogP contribution in [-0.4, -0.2) is 24.7 Å². The molecule has 2 rings (SSSR count). The van der Waals surface area contributed by atoms with E-state index in [-0.39, 0.29) is 18.4 Å². The summed E-state index contributed by atoms with van der Waals surface area (Å²) in [5.74, 6) is 0.568. The molecule has 0 aliphatic carbocycles. The van der Waals surface area contributed by atoms with E-state index in [9.17, 15) is 9.90 Å². The summed E-state index contributed by atoms with van der Waals surface area (Å²) in [6, 6.07) is 5.45. The van der Waals surface area contributed by atoms with E-state index in [2.05, 4.69) is 5.32 Å². The normalized spacial score (nSPS) is 19.3. The van der Waals surface area contributed by atoms with Crippen molar-refractivity contribution in [3.05, 3.63) is 23.8 Å². The number of aliphatic hydroxyl groups is 1. The Morgan fingerprint density at radius 1 is 1.60 bits per heavy atom. The number of fused-ring (bicyclic) bond motifs is 1. The molecule has 1 aliphatic rings. The van der Waals surface area contributed by atoms with Gasteiger partial charge in [-0.05, 0) is 23.8 Å². The highest BCUT2D eigenvalue weighted by Gasteiger charge is 2.24. The van der Waals surface area contributed by atoms with Crippen LogP contribution in [0, 0.1) is 0 Å². The van der Waals surface area contributed by atoms with Gasteiger partial charge in [0.2, 0.25) is 5.91 Å². The molecule has 1 unspecified atom stereocenters. The molecule has 0 bridgehead atoms. The fourth-order valence-corrected chi connectivity index (χ4v) is 1.82. The van der Waals surface area contributed by atoms with Gasteiger partial charge in [-0.3, -0.25) is 4.79 Å². The topological polar surface area (TPSA) is 58.6 Å². The third kappa shape index (κ3) is 1.80. The molecule has 2 N–H and O–H groups in total. The summed E-state index contributed by atoms with van der Waals surface area (Å²) < 4.78 is 5.11. The smallest absolute Gasteiger partial charge is 0.225 e. The van der Waals surface area contributed by atoms with Gasteiger partial charge in [0.25, 0.3) is 0 Å². The van der Waals surface area contributed by atoms with Crippen LogP contribution in [0.3, 0.4) is 0 Å². The number of anilines is 1. The van der Waals surface area contributed by atoms with Crippen molar-refractivity contribution in [2.24, 2.45) is 0 Å². The number of nitrogens with one attached hydrogen (secondary N) is 1. The van der Waals surface area contributed by atoms with Crippen LogP contribution >= 0.6 is 0 Å². The second-order valence-corrected chi connectivity index (χ2v) is 3.58. The number of aliphatic hydroxyl groups excluding tert-OH is 1. The summed E-state index contributed by atoms with van der Waals surface area (Å²) in [7, 11) is 1.59. The highest BCUT2D eigenvalue weighted by Crippen LogP contribution is 2.34. The third-order valence-corrected chi connectivity index (χ3v) is 2.62. The fourth-order valence-electron chi connectivity index (χ4n) is 1.82. The summed E-state index contributed by atoms with van der Waals surface area (Å²) in [6.07, 6.45) is 0.330. The Hall–Kier alpha value is -1.55. The van der Waals surface area contributed by atoms with Gasteiger partial charge in [0.05, 0.1) is 13.7 Å². The Kier molecular flexibility index (Phi) is 2.60. The van der Waals surface area contributed by atoms with Gasteiger partial charge in [-0.25, -0.2) is 0 Å². The van der Waals surface area contributed by atoms with Crippen molar-refractivity contribution in [1.29, 1.82) is 0 Å². The minimum atomic E-state index is -0.121. The number of carbonyl (C=O) groups excluding carboxylic acids is 1. The standard InChI is InChI=1S/C11H13NO3/c1-15-8-2-3-10-9(5-8)7(6-13)4-11(14)12-10/h2-3,5,7,13H,4,6H2,1H3,(H,12,14). The van der Waals surface area contributed by atoms with Gasteiger partial charge in [-0.2, -0.15) is 0 Å². The molecule has 0 saturated carbocycles. The van der Waals surface area contributed by atoms with E-state index in [1.807, 2.05) is 6.07 Å². The maximum absolute atomic E-state index is 11.3. The van der Waals surface area contributed by atoms with Gasteiger partial charge in [0, 0.05) is 18.0 Å². The molecule has 1 aromatic rings. The molecule has 4 nitrogen and oxygen atoms in total. The third-order valence-electron chi connectivity index (χ3n) is 2.62. The molecule has 1 aromatic carbocycles. The molecule has 0 radical (unpaired) electrons. The molecule has 1 heterocycles. The monoisotopic (exact) mass is 207 g/mol. The largest absolute Gasteiger partial charge is 0.497 e. The zero-order valence-electron chi connectivity index (χ0n) is 8.49. The lowest BCUT2D eigenvalue weighted by Crippen LogP contribution is -2.24. The van der Waals surface area contributed by atoms with Crippen LogP contribution in [0.5, 0.6) is 5.75 Å². The van der Waals surface area contributed by atoms with Gasteiger partial charge in [-0.15, -0.1) is 0 Å². The van der Waals surface area contributed by atoms with E-state index in [4.69, 9.17) is 4.74 Å². The SMILES string of the molecule is COc1ccc2c(c1)C(CO)CC(=O)N2. The van der Waals surface area contributed by atoms with E-state index in [1.54, 1.807) is 19.2 Å². The number of hydrogen-bond acceptors (Lipinski definition) is 3. The van der Waals surface area contributed by atoms with Crippen LogP contribution < -0.4 is 10.1 Å². The maximum atomic E-state index is 11.3. The average molecular weight is 207 g/mol. The first kappa shape index (κ1) is 9.98. The van der Waals surface area contributed by atoms with Crippen LogP contribution in [0.25, 0.3) is 0 Å². The zero-order valence-corrected chi connectivity index (χ0v) is 8.49. The zero-order chi connectivity index (χ0) is 10.8. The Balaban J connectivity index is 2.42. The summed E-state index contributed by atoms with van der Waals surface area (Å²) in [5.41, 5.74) is 1.71. The lowest BCUT2D eigenvalue weighted by atomic mass is 9.91. The molecule has 1 atom stereocenters. The molecule has 15 heavy (non-hydrogen) atoms. The number of hydrogen-bond donors (Lipinski definition) is 2. The molecular weight excluding hydrogens is 194 g/mol. The highest BCUT2D eigenvalue weighted by molar-refractivity contribution is 5.94. The number of rotatable bonds is 2. The predicted octanol–water partition coefficient (Wildman–Crippen LogP) is 1.11. The molecular formula is C11H13NO3. The second-order valence-electron chi connectivity index (χ2n) is 3.58. The van der Waals surface area contributed by atoms with Crippen LogP contribution in [0.2, 0.25) is 0 Å². The van der Waals surface area contributed by atoms with Gasteiger partial charge in [0.15, 0.2) is 0 Å². The van der Waals surface area contributed by atoms with Crippen LogP contribution in [-0.2, 0) is 4.79 Å². The molecule has 0 aromatic heterocycles. The van der Waals surface area contributed by atoms with Crippen molar-refractivity contribution in [2.45, 2.75) is 12.3 Å². The van der Waals surface area contributed by atoms with Gasteiger partial charge in [0.1, 0.15) is 5.75 Å². The Bertz CT molecular complexity index is 389. The first-order valence-corrected chi connectivity index (χ1v) is 4.83. The molecule has 0 spiro atoms. The van der Waals surface area contributed by atoms with Crippen LogP contribution in [0.15, 0.2) is 18.2 Å². The summed E-state index contributed by atoms with van der Waals surface area (Å²) in [5, 5.41) is 12.0. The summed E-state index contributed by atoms with van der Waals surface area (Å²) in [4.78, 5) is 11.3. The molecule has 1 aliphatic heterocycles. The number of amides is 1. The van der Waals surface area contributed by atoms with Crippen molar-refractivity contribution in [3.63, 3.8) is 0 Å². The predicted molar refractivity (Wildman–Crippen MR) is 56.1 cm³/mol. The number of carbonyl (C=O) groups is 1. The molecule has 80 valence electrons. The molecule has 0 saturated heterocycles. The quantitative estimate of drug-likeness (QED) is 0.763. The second kappa shape index (κ2) is 3.90. The van der Waals surface area contributed by atoms with Crippen LogP contribution in [0.1, 0.15) is 17.9 Å². The number of methoxy groups -OCH3 is 1. The molecule has 4 heteroatoms. The van der Waals surface area contributed by atoms with E-state index in [0.29, 0.717) is 6.42 Å². The van der Waals surface area contributed by atoms with Crippen molar-refractivity contribution in [1.82, 2.24) is 0 Å². The Morgan fingerprint density at radius 2 is 2.40 bits per heavy atom. The molecule has 1 amide bonds. The van der Waals surface area contributed by atoms with Gasteiger partial charge >= 0.3 is 0 Å². The minimum absolute atomic E-state index is 0.0203. The minimum Gasteiger partial charge on any atom is -0.497 e.